The van der Waals surface area contributed by atoms with Crippen molar-refractivity contribution in [2.45, 2.75) is 6.42 Å². The van der Waals surface area contributed by atoms with Gasteiger partial charge in [-0.05, 0) is 56.0 Å². The smallest absolute Gasteiger partial charge is 0.0629 e. The number of hydrogen-bond donors (Lipinski definition) is 1. The Hall–Kier alpha value is -0.800. The van der Waals surface area contributed by atoms with E-state index in [2.05, 4.69) is 61.4 Å². The lowest BCUT2D eigenvalue weighted by molar-refractivity contribution is 1.02. The van der Waals surface area contributed by atoms with E-state index in [1.807, 2.05) is 24.3 Å². The molecule has 0 unspecified atom stereocenters. The lowest BCUT2D eigenvalue weighted by atomic mass is 10.1. The van der Waals surface area contributed by atoms with Gasteiger partial charge in [-0.1, -0.05) is 36.4 Å². The molecule has 0 bridgehead atoms. The maximum absolute atomic E-state index is 3.54. The van der Waals surface area contributed by atoms with Gasteiger partial charge in [0.25, 0.3) is 0 Å². The second-order valence-electron chi connectivity index (χ2n) is 3.76. The van der Waals surface area contributed by atoms with Gasteiger partial charge in [-0.25, -0.2) is 0 Å². The van der Waals surface area contributed by atoms with Gasteiger partial charge in [-0.15, -0.1) is 0 Å². The Balaban J connectivity index is 1.95. The second-order valence-corrected chi connectivity index (χ2v) is 5.47. The first-order chi connectivity index (χ1) is 8.27. The molecule has 0 aliphatic rings. The molecule has 2 rings (SSSR count). The first-order valence-electron chi connectivity index (χ1n) is 5.49. The average molecular weight is 355 g/mol. The summed E-state index contributed by atoms with van der Waals surface area (Å²) in [4.78, 5) is 0. The molecular weight excluding hydrogens is 342 g/mol. The minimum atomic E-state index is 0.922. The molecule has 0 atom stereocenters. The van der Waals surface area contributed by atoms with Crippen LogP contribution in [0.5, 0.6) is 0 Å². The molecule has 3 heteroatoms. The van der Waals surface area contributed by atoms with Gasteiger partial charge in [0, 0.05) is 15.5 Å². The minimum Gasteiger partial charge on any atom is -0.383 e. The summed E-state index contributed by atoms with van der Waals surface area (Å²) in [5, 5.41) is 3.44. The molecule has 0 fully saturated rings. The Bertz CT molecular complexity index is 463. The van der Waals surface area contributed by atoms with Gasteiger partial charge < -0.3 is 5.32 Å². The van der Waals surface area contributed by atoms with Gasteiger partial charge in [0.1, 0.15) is 0 Å². The molecule has 0 saturated carbocycles. The topological polar surface area (TPSA) is 12.0 Å². The van der Waals surface area contributed by atoms with Crippen molar-refractivity contribution in [2.75, 3.05) is 11.9 Å². The highest BCUT2D eigenvalue weighted by molar-refractivity contribution is 9.11. The first-order valence-corrected chi connectivity index (χ1v) is 7.08. The number of para-hydroxylation sites is 1. The van der Waals surface area contributed by atoms with E-state index < -0.39 is 0 Å². The third-order valence-electron chi connectivity index (χ3n) is 2.52. The Kier molecular flexibility index (Phi) is 4.63. The van der Waals surface area contributed by atoms with Gasteiger partial charge in [-0.2, -0.15) is 0 Å². The highest BCUT2D eigenvalue weighted by atomic mass is 79.9. The highest BCUT2D eigenvalue weighted by Gasteiger charge is 2.03. The third-order valence-corrected chi connectivity index (χ3v) is 3.84. The SMILES string of the molecule is Brc1cccc(Br)c1NCCc1ccccc1. The van der Waals surface area contributed by atoms with Crippen molar-refractivity contribution in [1.29, 1.82) is 0 Å². The van der Waals surface area contributed by atoms with Gasteiger partial charge in [0.2, 0.25) is 0 Å². The summed E-state index contributed by atoms with van der Waals surface area (Å²) in [6, 6.07) is 16.6. The number of nitrogens with one attached hydrogen (secondary N) is 1. The molecule has 17 heavy (non-hydrogen) atoms. The molecule has 2 aromatic rings. The molecule has 0 heterocycles. The highest BCUT2D eigenvalue weighted by Crippen LogP contribution is 2.30. The normalized spacial score (nSPS) is 10.2. The molecule has 0 saturated heterocycles. The molecule has 0 aromatic heterocycles. The monoisotopic (exact) mass is 353 g/mol. The van der Waals surface area contributed by atoms with Crippen molar-refractivity contribution in [2.24, 2.45) is 0 Å². The van der Waals surface area contributed by atoms with E-state index in [-0.39, 0.29) is 0 Å². The molecule has 0 aliphatic carbocycles. The lowest BCUT2D eigenvalue weighted by Gasteiger charge is -2.10. The molecule has 88 valence electrons. The zero-order valence-corrected chi connectivity index (χ0v) is 12.5. The van der Waals surface area contributed by atoms with Crippen molar-refractivity contribution in [1.82, 2.24) is 0 Å². The molecule has 2 aromatic carbocycles. The van der Waals surface area contributed by atoms with E-state index in [1.165, 1.54) is 5.56 Å². The number of benzene rings is 2. The molecule has 1 N–H and O–H groups in total. The van der Waals surface area contributed by atoms with Crippen molar-refractivity contribution in [3.8, 4) is 0 Å². The zero-order valence-electron chi connectivity index (χ0n) is 9.29. The summed E-state index contributed by atoms with van der Waals surface area (Å²) in [5.41, 5.74) is 2.46. The molecular formula is C14H13Br2N. The van der Waals surface area contributed by atoms with E-state index in [0.29, 0.717) is 0 Å². The van der Waals surface area contributed by atoms with Crippen LogP contribution in [-0.2, 0) is 6.42 Å². The summed E-state index contributed by atoms with van der Waals surface area (Å²) in [6.07, 6.45) is 1.02. The van der Waals surface area contributed by atoms with Crippen LogP contribution in [0.15, 0.2) is 57.5 Å². The molecule has 0 spiro atoms. The van der Waals surface area contributed by atoms with Gasteiger partial charge in [-0.3, -0.25) is 0 Å². The Labute approximate surface area is 119 Å². The van der Waals surface area contributed by atoms with Crippen LogP contribution in [0.1, 0.15) is 5.56 Å². The molecule has 0 amide bonds. The summed E-state index contributed by atoms with van der Waals surface area (Å²) in [6.45, 7) is 0.922. The second kappa shape index (κ2) is 6.22. The fraction of sp³-hybridized carbons (Fsp3) is 0.143. The first kappa shape index (κ1) is 12.7. The van der Waals surface area contributed by atoms with E-state index >= 15 is 0 Å². The van der Waals surface area contributed by atoms with Crippen molar-refractivity contribution in [3.05, 3.63) is 63.0 Å². The molecule has 0 aliphatic heterocycles. The zero-order chi connectivity index (χ0) is 12.1. The Morgan fingerprint density at radius 2 is 1.47 bits per heavy atom. The Morgan fingerprint density at radius 1 is 0.824 bits per heavy atom. The number of rotatable bonds is 4. The van der Waals surface area contributed by atoms with Gasteiger partial charge in [0.05, 0.1) is 5.69 Å². The fourth-order valence-corrected chi connectivity index (χ4v) is 2.92. The standard InChI is InChI=1S/C14H13Br2N/c15-12-7-4-8-13(16)14(12)17-10-9-11-5-2-1-3-6-11/h1-8,17H,9-10H2. The summed E-state index contributed by atoms with van der Waals surface area (Å²) < 4.78 is 2.17. The van der Waals surface area contributed by atoms with Crippen molar-refractivity contribution >= 4 is 37.5 Å². The predicted octanol–water partition coefficient (Wildman–Crippen LogP) is 4.87. The van der Waals surface area contributed by atoms with Crippen LogP contribution < -0.4 is 5.32 Å². The van der Waals surface area contributed by atoms with Gasteiger partial charge in [0.15, 0.2) is 0 Å². The maximum atomic E-state index is 3.54. The quantitative estimate of drug-likeness (QED) is 0.826. The van der Waals surface area contributed by atoms with Crippen LogP contribution in [0.4, 0.5) is 5.69 Å². The average Bonchev–Trinajstić information content (AvgIpc) is 2.34. The number of hydrogen-bond acceptors (Lipinski definition) is 1. The van der Waals surface area contributed by atoms with E-state index in [1.54, 1.807) is 0 Å². The summed E-state index contributed by atoms with van der Waals surface area (Å²) in [7, 11) is 0. The summed E-state index contributed by atoms with van der Waals surface area (Å²) in [5.74, 6) is 0. The van der Waals surface area contributed by atoms with Crippen molar-refractivity contribution in [3.63, 3.8) is 0 Å². The number of anilines is 1. The molecule has 1 nitrogen and oxygen atoms in total. The largest absolute Gasteiger partial charge is 0.383 e. The van der Waals surface area contributed by atoms with Crippen LogP contribution in [0.2, 0.25) is 0 Å². The number of halogens is 2. The van der Waals surface area contributed by atoms with Crippen LogP contribution >= 0.6 is 31.9 Å². The maximum Gasteiger partial charge on any atom is 0.0629 e. The Morgan fingerprint density at radius 3 is 2.12 bits per heavy atom. The summed E-state index contributed by atoms with van der Waals surface area (Å²) >= 11 is 7.08. The van der Waals surface area contributed by atoms with E-state index in [9.17, 15) is 0 Å². The lowest BCUT2D eigenvalue weighted by Crippen LogP contribution is -2.05. The van der Waals surface area contributed by atoms with Crippen LogP contribution in [0.3, 0.4) is 0 Å². The minimum absolute atomic E-state index is 0.922. The predicted molar refractivity (Wildman–Crippen MR) is 80.5 cm³/mol. The fourth-order valence-electron chi connectivity index (χ4n) is 1.64. The van der Waals surface area contributed by atoms with Crippen LogP contribution in [0.25, 0.3) is 0 Å². The van der Waals surface area contributed by atoms with Crippen molar-refractivity contribution < 1.29 is 0 Å². The van der Waals surface area contributed by atoms with E-state index in [4.69, 9.17) is 0 Å². The van der Waals surface area contributed by atoms with Crippen LogP contribution in [-0.4, -0.2) is 6.54 Å². The van der Waals surface area contributed by atoms with E-state index in [0.717, 1.165) is 27.6 Å². The van der Waals surface area contributed by atoms with Crippen LogP contribution in [0, 0.1) is 0 Å². The third kappa shape index (κ3) is 3.58. The molecule has 0 radical (unpaired) electrons. The van der Waals surface area contributed by atoms with Gasteiger partial charge >= 0.3 is 0 Å².